The third-order valence-corrected chi connectivity index (χ3v) is 4.63. The van der Waals surface area contributed by atoms with Crippen molar-refractivity contribution < 1.29 is 9.53 Å². The Hall–Kier alpha value is -2.29. The van der Waals surface area contributed by atoms with Gasteiger partial charge in [0.2, 0.25) is 0 Å². The number of amides is 1. The number of para-hydroxylation sites is 1. The van der Waals surface area contributed by atoms with Crippen LogP contribution in [0.15, 0.2) is 48.5 Å². The molecule has 0 radical (unpaired) electrons. The van der Waals surface area contributed by atoms with E-state index in [-0.39, 0.29) is 11.9 Å². The fraction of sp³-hybridized carbons (Fsp3) is 0.316. The molecule has 1 N–H and O–H groups in total. The molecule has 0 fully saturated rings. The van der Waals surface area contributed by atoms with Crippen molar-refractivity contribution in [2.24, 2.45) is 0 Å². The number of hydrogen-bond donors (Lipinski definition) is 1. The van der Waals surface area contributed by atoms with E-state index in [1.165, 1.54) is 11.1 Å². The molecule has 2 aromatic carbocycles. The summed E-state index contributed by atoms with van der Waals surface area (Å²) in [6, 6.07) is 16.4. The predicted octanol–water partition coefficient (Wildman–Crippen LogP) is 3.18. The van der Waals surface area contributed by atoms with Crippen LogP contribution in [0.2, 0.25) is 0 Å². The molecular formula is C19H19NO2. The zero-order valence-corrected chi connectivity index (χ0v) is 12.4. The molecule has 22 heavy (non-hydrogen) atoms. The number of aryl methyl sites for hydroxylation is 1. The number of hydrogen-bond acceptors (Lipinski definition) is 2. The van der Waals surface area contributed by atoms with E-state index in [1.54, 1.807) is 0 Å². The molecule has 2 aliphatic rings. The molecule has 1 heterocycles. The second kappa shape index (κ2) is 5.48. The molecule has 1 aliphatic carbocycles. The lowest BCUT2D eigenvalue weighted by molar-refractivity contribution is -0.128. The van der Waals surface area contributed by atoms with Gasteiger partial charge in [-0.2, -0.15) is 0 Å². The minimum atomic E-state index is -0.397. The first-order valence-electron chi connectivity index (χ1n) is 7.94. The fourth-order valence-electron chi connectivity index (χ4n) is 3.50. The highest BCUT2D eigenvalue weighted by molar-refractivity contribution is 5.83. The largest absolute Gasteiger partial charge is 0.480 e. The normalized spacial score (nSPS) is 22.4. The Bertz CT molecular complexity index is 685. The van der Waals surface area contributed by atoms with Gasteiger partial charge in [-0.1, -0.05) is 42.5 Å². The molecule has 0 aromatic heterocycles. The van der Waals surface area contributed by atoms with Gasteiger partial charge < -0.3 is 10.1 Å². The maximum Gasteiger partial charge on any atom is 0.261 e. The standard InChI is InChI=1S/C19H19NO2/c21-19(18-12-14-7-2-4-11-17(14)22-18)20-16-10-5-8-13-6-1-3-9-15(13)16/h1-4,6-7,9,11,16,18H,5,8,10,12H2,(H,20,21)/t16-,18-/m1/s1. The minimum absolute atomic E-state index is 0.00194. The van der Waals surface area contributed by atoms with Crippen LogP contribution in [0.5, 0.6) is 5.75 Å². The Morgan fingerprint density at radius 2 is 1.82 bits per heavy atom. The van der Waals surface area contributed by atoms with Gasteiger partial charge in [0, 0.05) is 6.42 Å². The molecule has 1 aliphatic heterocycles. The highest BCUT2D eigenvalue weighted by Crippen LogP contribution is 2.31. The van der Waals surface area contributed by atoms with Crippen LogP contribution in [-0.4, -0.2) is 12.0 Å². The van der Waals surface area contributed by atoms with Crippen molar-refractivity contribution in [3.63, 3.8) is 0 Å². The lowest BCUT2D eigenvalue weighted by Gasteiger charge is -2.27. The summed E-state index contributed by atoms with van der Waals surface area (Å²) < 4.78 is 5.79. The molecule has 2 aromatic rings. The van der Waals surface area contributed by atoms with E-state index in [0.29, 0.717) is 6.42 Å². The van der Waals surface area contributed by atoms with Gasteiger partial charge in [0.15, 0.2) is 6.10 Å². The molecule has 0 spiro atoms. The van der Waals surface area contributed by atoms with Gasteiger partial charge in [0.1, 0.15) is 5.75 Å². The molecular weight excluding hydrogens is 274 g/mol. The molecule has 2 atom stereocenters. The maximum atomic E-state index is 12.6. The molecule has 0 saturated heterocycles. The topological polar surface area (TPSA) is 38.3 Å². The summed E-state index contributed by atoms with van der Waals surface area (Å²) in [5.74, 6) is 0.838. The van der Waals surface area contributed by atoms with Crippen LogP contribution in [0.1, 0.15) is 35.6 Å². The Balaban J connectivity index is 1.48. The summed E-state index contributed by atoms with van der Waals surface area (Å²) >= 11 is 0. The molecule has 0 unspecified atom stereocenters. The average molecular weight is 293 g/mol. The van der Waals surface area contributed by atoms with Crippen LogP contribution in [-0.2, 0) is 17.6 Å². The summed E-state index contributed by atoms with van der Waals surface area (Å²) in [4.78, 5) is 12.6. The number of nitrogens with one attached hydrogen (secondary N) is 1. The van der Waals surface area contributed by atoms with Crippen molar-refractivity contribution in [3.8, 4) is 5.75 Å². The van der Waals surface area contributed by atoms with Crippen molar-refractivity contribution in [1.29, 1.82) is 0 Å². The number of benzene rings is 2. The molecule has 4 rings (SSSR count). The lowest BCUT2D eigenvalue weighted by atomic mass is 9.87. The van der Waals surface area contributed by atoms with E-state index in [4.69, 9.17) is 4.74 Å². The lowest BCUT2D eigenvalue weighted by Crippen LogP contribution is -2.40. The van der Waals surface area contributed by atoms with Crippen LogP contribution in [0, 0.1) is 0 Å². The Morgan fingerprint density at radius 3 is 2.68 bits per heavy atom. The summed E-state index contributed by atoms with van der Waals surface area (Å²) in [5.41, 5.74) is 3.74. The molecule has 0 bridgehead atoms. The van der Waals surface area contributed by atoms with E-state index in [2.05, 4.69) is 23.5 Å². The Morgan fingerprint density at radius 1 is 1.05 bits per heavy atom. The maximum absolute atomic E-state index is 12.6. The van der Waals surface area contributed by atoms with Gasteiger partial charge in [-0.25, -0.2) is 0 Å². The number of carbonyl (C=O) groups excluding carboxylic acids is 1. The third-order valence-electron chi connectivity index (χ3n) is 4.63. The first kappa shape index (κ1) is 13.4. The van der Waals surface area contributed by atoms with Gasteiger partial charge >= 0.3 is 0 Å². The summed E-state index contributed by atoms with van der Waals surface area (Å²) in [7, 11) is 0. The third kappa shape index (κ3) is 2.37. The number of rotatable bonds is 2. The van der Waals surface area contributed by atoms with E-state index < -0.39 is 6.10 Å². The van der Waals surface area contributed by atoms with Crippen molar-refractivity contribution in [2.75, 3.05) is 0 Å². The molecule has 112 valence electrons. The van der Waals surface area contributed by atoms with Crippen molar-refractivity contribution in [2.45, 2.75) is 37.8 Å². The van der Waals surface area contributed by atoms with Crippen LogP contribution in [0.3, 0.4) is 0 Å². The molecule has 0 saturated carbocycles. The van der Waals surface area contributed by atoms with Gasteiger partial charge in [0.25, 0.3) is 5.91 Å². The fourth-order valence-corrected chi connectivity index (χ4v) is 3.50. The highest BCUT2D eigenvalue weighted by Gasteiger charge is 2.31. The van der Waals surface area contributed by atoms with Crippen LogP contribution >= 0.6 is 0 Å². The second-order valence-corrected chi connectivity index (χ2v) is 6.07. The van der Waals surface area contributed by atoms with E-state index >= 15 is 0 Å². The Labute approximate surface area is 130 Å². The molecule has 3 heteroatoms. The Kier molecular flexibility index (Phi) is 3.34. The van der Waals surface area contributed by atoms with E-state index in [9.17, 15) is 4.79 Å². The van der Waals surface area contributed by atoms with E-state index in [0.717, 1.165) is 30.6 Å². The second-order valence-electron chi connectivity index (χ2n) is 6.07. The molecule has 1 amide bonds. The molecule has 3 nitrogen and oxygen atoms in total. The monoisotopic (exact) mass is 293 g/mol. The van der Waals surface area contributed by atoms with Gasteiger partial charge in [-0.3, -0.25) is 4.79 Å². The van der Waals surface area contributed by atoms with Crippen LogP contribution in [0.25, 0.3) is 0 Å². The number of carbonyl (C=O) groups is 1. The summed E-state index contributed by atoms with van der Waals surface area (Å²) in [6.07, 6.45) is 3.49. The average Bonchev–Trinajstić information content (AvgIpc) is 2.99. The van der Waals surface area contributed by atoms with Crippen molar-refractivity contribution in [3.05, 3.63) is 65.2 Å². The minimum Gasteiger partial charge on any atom is -0.480 e. The van der Waals surface area contributed by atoms with Crippen LogP contribution < -0.4 is 10.1 Å². The predicted molar refractivity (Wildman–Crippen MR) is 84.8 cm³/mol. The first-order valence-corrected chi connectivity index (χ1v) is 7.94. The van der Waals surface area contributed by atoms with Gasteiger partial charge in [-0.15, -0.1) is 0 Å². The summed E-state index contributed by atoms with van der Waals surface area (Å²) in [6.45, 7) is 0. The van der Waals surface area contributed by atoms with Crippen molar-refractivity contribution in [1.82, 2.24) is 5.32 Å². The van der Waals surface area contributed by atoms with Gasteiger partial charge in [-0.05, 0) is 42.0 Å². The van der Waals surface area contributed by atoms with Gasteiger partial charge in [0.05, 0.1) is 6.04 Å². The van der Waals surface area contributed by atoms with E-state index in [1.807, 2.05) is 30.3 Å². The first-order chi connectivity index (χ1) is 10.8. The highest BCUT2D eigenvalue weighted by atomic mass is 16.5. The zero-order chi connectivity index (χ0) is 14.9. The van der Waals surface area contributed by atoms with Crippen LogP contribution in [0.4, 0.5) is 0 Å². The summed E-state index contributed by atoms with van der Waals surface area (Å²) in [5, 5.41) is 3.19. The number of ether oxygens (including phenoxy) is 1. The SMILES string of the molecule is O=C(N[C@@H]1CCCc2ccccc21)[C@H]1Cc2ccccc2O1. The zero-order valence-electron chi connectivity index (χ0n) is 12.4. The number of fused-ring (bicyclic) bond motifs is 2. The van der Waals surface area contributed by atoms with Crippen molar-refractivity contribution >= 4 is 5.91 Å². The smallest absolute Gasteiger partial charge is 0.261 e. The quantitative estimate of drug-likeness (QED) is 0.923.